The van der Waals surface area contributed by atoms with Crippen LogP contribution in [0.1, 0.15) is 15.9 Å². The largest absolute Gasteiger partial charge is 0.289 e. The zero-order chi connectivity index (χ0) is 13.2. The molecule has 3 aromatic rings. The molecule has 0 aliphatic heterocycles. The Morgan fingerprint density at radius 1 is 0.947 bits per heavy atom. The maximum Gasteiger partial charge on any atom is 0.194 e. The molecule has 0 aliphatic rings. The lowest BCUT2D eigenvalue weighted by Gasteiger charge is -2.04. The molecular weight excluding hydrogens is 258 g/mol. The maximum absolute atomic E-state index is 12.3. The molecule has 1 heterocycles. The van der Waals surface area contributed by atoms with E-state index in [1.807, 2.05) is 30.3 Å². The van der Waals surface area contributed by atoms with Crippen LogP contribution in [0, 0.1) is 0 Å². The van der Waals surface area contributed by atoms with E-state index in [1.165, 1.54) is 0 Å². The Bertz CT molecular complexity index is 753. The van der Waals surface area contributed by atoms with Crippen molar-refractivity contribution in [3.63, 3.8) is 0 Å². The van der Waals surface area contributed by atoms with E-state index in [2.05, 4.69) is 4.98 Å². The number of hydrogen-bond donors (Lipinski definition) is 0. The van der Waals surface area contributed by atoms with Crippen LogP contribution in [0.15, 0.2) is 60.8 Å². The predicted molar refractivity (Wildman–Crippen MR) is 76.6 cm³/mol. The summed E-state index contributed by atoms with van der Waals surface area (Å²) < 4.78 is 0. The summed E-state index contributed by atoms with van der Waals surface area (Å²) in [6, 6.07) is 16.4. The molecule has 3 rings (SSSR count). The van der Waals surface area contributed by atoms with Crippen molar-refractivity contribution in [3.05, 3.63) is 76.9 Å². The SMILES string of the molecule is O=C(c1ccccc1)c1cnc2cccc(Cl)c2c1. The number of carbonyl (C=O) groups excluding carboxylic acids is 1. The topological polar surface area (TPSA) is 30.0 Å². The second-order valence-corrected chi connectivity index (χ2v) is 4.63. The molecule has 0 spiro atoms. The number of nitrogens with zero attached hydrogens (tertiary/aromatic N) is 1. The van der Waals surface area contributed by atoms with Gasteiger partial charge < -0.3 is 0 Å². The van der Waals surface area contributed by atoms with Gasteiger partial charge in [0.05, 0.1) is 5.52 Å². The van der Waals surface area contributed by atoms with Crippen LogP contribution in [0.3, 0.4) is 0 Å². The first-order chi connectivity index (χ1) is 9.25. The first-order valence-corrected chi connectivity index (χ1v) is 6.27. The molecule has 0 amide bonds. The smallest absolute Gasteiger partial charge is 0.194 e. The van der Waals surface area contributed by atoms with E-state index in [0.29, 0.717) is 16.1 Å². The van der Waals surface area contributed by atoms with Crippen LogP contribution in [0.4, 0.5) is 0 Å². The van der Waals surface area contributed by atoms with Gasteiger partial charge in [0.2, 0.25) is 0 Å². The maximum atomic E-state index is 12.3. The monoisotopic (exact) mass is 267 g/mol. The fourth-order valence-electron chi connectivity index (χ4n) is 1.99. The highest BCUT2D eigenvalue weighted by Crippen LogP contribution is 2.23. The van der Waals surface area contributed by atoms with E-state index in [4.69, 9.17) is 11.6 Å². The fraction of sp³-hybridized carbons (Fsp3) is 0. The van der Waals surface area contributed by atoms with Crippen LogP contribution in [0.2, 0.25) is 5.02 Å². The molecule has 19 heavy (non-hydrogen) atoms. The van der Waals surface area contributed by atoms with Gasteiger partial charge in [-0.1, -0.05) is 48.0 Å². The zero-order valence-electron chi connectivity index (χ0n) is 10.0. The summed E-state index contributed by atoms with van der Waals surface area (Å²) in [5.41, 5.74) is 1.99. The van der Waals surface area contributed by atoms with Crippen molar-refractivity contribution in [2.75, 3.05) is 0 Å². The van der Waals surface area contributed by atoms with Crippen molar-refractivity contribution >= 4 is 28.3 Å². The first kappa shape index (κ1) is 11.9. The quantitative estimate of drug-likeness (QED) is 0.654. The van der Waals surface area contributed by atoms with Crippen molar-refractivity contribution in [1.29, 1.82) is 0 Å². The molecule has 0 radical (unpaired) electrons. The molecule has 0 saturated heterocycles. The summed E-state index contributed by atoms with van der Waals surface area (Å²) in [7, 11) is 0. The molecule has 0 aliphatic carbocycles. The van der Waals surface area contributed by atoms with Crippen LogP contribution >= 0.6 is 11.6 Å². The number of ketones is 1. The number of pyridine rings is 1. The van der Waals surface area contributed by atoms with Crippen molar-refractivity contribution in [3.8, 4) is 0 Å². The summed E-state index contributed by atoms with van der Waals surface area (Å²) in [5.74, 6) is -0.0464. The number of aromatic nitrogens is 1. The van der Waals surface area contributed by atoms with Gasteiger partial charge in [-0.3, -0.25) is 9.78 Å². The predicted octanol–water partition coefficient (Wildman–Crippen LogP) is 4.12. The second kappa shape index (κ2) is 4.82. The van der Waals surface area contributed by atoms with Crippen molar-refractivity contribution in [1.82, 2.24) is 4.98 Å². The Balaban J connectivity index is 2.11. The number of fused-ring (bicyclic) bond motifs is 1. The Morgan fingerprint density at radius 2 is 1.74 bits per heavy atom. The standard InChI is InChI=1S/C16H10ClNO/c17-14-7-4-8-15-13(14)9-12(10-18-15)16(19)11-5-2-1-3-6-11/h1-10H. The molecule has 0 N–H and O–H groups in total. The van der Waals surface area contributed by atoms with E-state index in [1.54, 1.807) is 30.5 Å². The lowest BCUT2D eigenvalue weighted by molar-refractivity contribution is 0.103. The third kappa shape index (κ3) is 2.23. The minimum Gasteiger partial charge on any atom is -0.289 e. The lowest BCUT2D eigenvalue weighted by Crippen LogP contribution is -2.01. The van der Waals surface area contributed by atoms with Crippen molar-refractivity contribution in [2.24, 2.45) is 0 Å². The summed E-state index contributed by atoms with van der Waals surface area (Å²) in [4.78, 5) is 16.6. The van der Waals surface area contributed by atoms with E-state index < -0.39 is 0 Å². The minimum absolute atomic E-state index is 0.0464. The van der Waals surface area contributed by atoms with Crippen LogP contribution in [-0.4, -0.2) is 10.8 Å². The van der Waals surface area contributed by atoms with Crippen LogP contribution < -0.4 is 0 Å². The number of rotatable bonds is 2. The zero-order valence-corrected chi connectivity index (χ0v) is 10.8. The van der Waals surface area contributed by atoms with Crippen LogP contribution in [-0.2, 0) is 0 Å². The highest BCUT2D eigenvalue weighted by molar-refractivity contribution is 6.35. The van der Waals surface area contributed by atoms with Gasteiger partial charge in [0.25, 0.3) is 0 Å². The Hall–Kier alpha value is -2.19. The van der Waals surface area contributed by atoms with E-state index in [0.717, 1.165) is 10.9 Å². The van der Waals surface area contributed by atoms with Crippen molar-refractivity contribution in [2.45, 2.75) is 0 Å². The van der Waals surface area contributed by atoms with Crippen LogP contribution in [0.5, 0.6) is 0 Å². The third-order valence-electron chi connectivity index (χ3n) is 2.97. The minimum atomic E-state index is -0.0464. The molecule has 2 nitrogen and oxygen atoms in total. The molecule has 0 bridgehead atoms. The second-order valence-electron chi connectivity index (χ2n) is 4.23. The summed E-state index contributed by atoms with van der Waals surface area (Å²) in [5, 5.41) is 1.40. The van der Waals surface area contributed by atoms with Gasteiger partial charge in [0, 0.05) is 27.7 Å². The third-order valence-corrected chi connectivity index (χ3v) is 3.30. The average molecular weight is 268 g/mol. The summed E-state index contributed by atoms with van der Waals surface area (Å²) in [6.07, 6.45) is 1.59. The number of hydrogen-bond acceptors (Lipinski definition) is 2. The fourth-order valence-corrected chi connectivity index (χ4v) is 2.22. The van der Waals surface area contributed by atoms with Gasteiger partial charge in [0.1, 0.15) is 0 Å². The summed E-state index contributed by atoms with van der Waals surface area (Å²) in [6.45, 7) is 0. The molecule has 0 unspecified atom stereocenters. The van der Waals surface area contributed by atoms with Gasteiger partial charge in [-0.05, 0) is 18.2 Å². The molecule has 92 valence electrons. The number of benzene rings is 2. The molecular formula is C16H10ClNO. The van der Waals surface area contributed by atoms with Crippen molar-refractivity contribution < 1.29 is 4.79 Å². The van der Waals surface area contributed by atoms with Gasteiger partial charge in [-0.15, -0.1) is 0 Å². The molecule has 0 fully saturated rings. The molecule has 3 heteroatoms. The Morgan fingerprint density at radius 3 is 2.53 bits per heavy atom. The highest BCUT2D eigenvalue weighted by atomic mass is 35.5. The van der Waals surface area contributed by atoms with E-state index in [-0.39, 0.29) is 5.78 Å². The molecule has 0 atom stereocenters. The van der Waals surface area contributed by atoms with Crippen LogP contribution in [0.25, 0.3) is 10.9 Å². The normalized spacial score (nSPS) is 10.6. The van der Waals surface area contributed by atoms with E-state index in [9.17, 15) is 4.79 Å². The van der Waals surface area contributed by atoms with Gasteiger partial charge in [0.15, 0.2) is 5.78 Å². The first-order valence-electron chi connectivity index (χ1n) is 5.90. The van der Waals surface area contributed by atoms with Gasteiger partial charge in [-0.2, -0.15) is 0 Å². The number of carbonyl (C=O) groups is 1. The lowest BCUT2D eigenvalue weighted by atomic mass is 10.0. The average Bonchev–Trinajstić information content (AvgIpc) is 2.47. The summed E-state index contributed by atoms with van der Waals surface area (Å²) >= 11 is 6.13. The molecule has 2 aromatic carbocycles. The number of halogens is 1. The Labute approximate surface area is 115 Å². The van der Waals surface area contributed by atoms with E-state index >= 15 is 0 Å². The molecule has 1 aromatic heterocycles. The molecule has 0 saturated carbocycles. The Kier molecular flexibility index (Phi) is 3.02. The highest BCUT2D eigenvalue weighted by Gasteiger charge is 2.10. The van der Waals surface area contributed by atoms with Gasteiger partial charge >= 0.3 is 0 Å². The van der Waals surface area contributed by atoms with Gasteiger partial charge in [-0.25, -0.2) is 0 Å².